The highest BCUT2D eigenvalue weighted by Crippen LogP contribution is 2.25. The summed E-state index contributed by atoms with van der Waals surface area (Å²) in [5.41, 5.74) is 0.0355. The van der Waals surface area contributed by atoms with Crippen LogP contribution < -0.4 is 10.0 Å². The summed E-state index contributed by atoms with van der Waals surface area (Å²) in [5.74, 6) is -1.16. The molecule has 0 amide bonds. The second kappa shape index (κ2) is 7.11. The van der Waals surface area contributed by atoms with Crippen molar-refractivity contribution < 1.29 is 18.3 Å². The lowest BCUT2D eigenvalue weighted by Gasteiger charge is -2.24. The number of carboxylic acid groups (broad SMARTS) is 1. The van der Waals surface area contributed by atoms with Crippen LogP contribution in [-0.2, 0) is 10.0 Å². The number of anilines is 1. The summed E-state index contributed by atoms with van der Waals surface area (Å²) in [4.78, 5) is 11.5. The predicted octanol–water partition coefficient (Wildman–Crippen LogP) is 3.21. The summed E-state index contributed by atoms with van der Waals surface area (Å²) >= 11 is 0. The van der Waals surface area contributed by atoms with Gasteiger partial charge in [-0.1, -0.05) is 19.3 Å². The Morgan fingerprint density at radius 1 is 1.17 bits per heavy atom. The number of rotatable bonds is 5. The van der Waals surface area contributed by atoms with Gasteiger partial charge in [0.05, 0.1) is 10.5 Å². The van der Waals surface area contributed by atoms with Gasteiger partial charge in [-0.05, 0) is 51.8 Å². The molecule has 0 aliphatic heterocycles. The molecule has 1 aliphatic rings. The van der Waals surface area contributed by atoms with Crippen molar-refractivity contribution in [3.05, 3.63) is 23.8 Å². The summed E-state index contributed by atoms with van der Waals surface area (Å²) in [7, 11) is -3.72. The number of sulfonamides is 1. The maximum absolute atomic E-state index is 12.5. The van der Waals surface area contributed by atoms with Crippen LogP contribution in [-0.4, -0.2) is 31.1 Å². The number of hydrogen-bond acceptors (Lipinski definition) is 4. The fourth-order valence-corrected chi connectivity index (χ4v) is 4.22. The van der Waals surface area contributed by atoms with Gasteiger partial charge in [-0.15, -0.1) is 0 Å². The molecule has 134 valence electrons. The van der Waals surface area contributed by atoms with E-state index in [1.165, 1.54) is 18.2 Å². The molecular formula is C17H26N2O4S. The van der Waals surface area contributed by atoms with Crippen molar-refractivity contribution in [3.63, 3.8) is 0 Å². The molecule has 0 aromatic heterocycles. The van der Waals surface area contributed by atoms with Crippen LogP contribution in [0.2, 0.25) is 0 Å². The van der Waals surface area contributed by atoms with E-state index in [1.807, 2.05) is 20.8 Å². The highest BCUT2D eigenvalue weighted by molar-refractivity contribution is 7.89. The van der Waals surface area contributed by atoms with E-state index in [1.54, 1.807) is 0 Å². The number of hydrogen-bond donors (Lipinski definition) is 3. The molecule has 1 aromatic carbocycles. The van der Waals surface area contributed by atoms with E-state index in [2.05, 4.69) is 10.0 Å². The van der Waals surface area contributed by atoms with Crippen molar-refractivity contribution in [2.24, 2.45) is 0 Å². The third-order valence-electron chi connectivity index (χ3n) is 3.97. The van der Waals surface area contributed by atoms with E-state index < -0.39 is 16.0 Å². The van der Waals surface area contributed by atoms with Gasteiger partial charge in [0.1, 0.15) is 0 Å². The van der Waals surface area contributed by atoms with Crippen LogP contribution in [0.3, 0.4) is 0 Å². The van der Waals surface area contributed by atoms with Gasteiger partial charge in [-0.25, -0.2) is 17.9 Å². The number of carbonyl (C=O) groups is 1. The number of nitrogens with one attached hydrogen (secondary N) is 2. The molecule has 0 spiro atoms. The van der Waals surface area contributed by atoms with E-state index in [0.717, 1.165) is 32.1 Å². The Morgan fingerprint density at radius 3 is 2.33 bits per heavy atom. The fraction of sp³-hybridized carbons (Fsp3) is 0.588. The van der Waals surface area contributed by atoms with Crippen LogP contribution in [0.15, 0.2) is 23.1 Å². The van der Waals surface area contributed by atoms with Crippen LogP contribution in [0.5, 0.6) is 0 Å². The lowest BCUT2D eigenvalue weighted by atomic mass is 9.96. The molecule has 1 fully saturated rings. The monoisotopic (exact) mass is 354 g/mol. The largest absolute Gasteiger partial charge is 0.478 e. The first-order valence-corrected chi connectivity index (χ1v) is 9.75. The topological polar surface area (TPSA) is 95.5 Å². The maximum atomic E-state index is 12.5. The third kappa shape index (κ3) is 4.95. The average molecular weight is 354 g/mol. The van der Waals surface area contributed by atoms with E-state index in [9.17, 15) is 18.3 Å². The number of benzene rings is 1. The Hall–Kier alpha value is -1.60. The van der Waals surface area contributed by atoms with Gasteiger partial charge in [0.2, 0.25) is 10.0 Å². The van der Waals surface area contributed by atoms with E-state index in [4.69, 9.17) is 0 Å². The van der Waals surface area contributed by atoms with Crippen molar-refractivity contribution in [2.75, 3.05) is 5.32 Å². The first-order valence-electron chi connectivity index (χ1n) is 8.26. The Balaban J connectivity index is 2.29. The highest BCUT2D eigenvalue weighted by Gasteiger charge is 2.24. The Labute approximate surface area is 143 Å². The summed E-state index contributed by atoms with van der Waals surface area (Å²) in [6, 6.07) is 4.13. The number of aromatic carboxylic acids is 1. The standard InChI is InChI=1S/C17H26N2O4S/c1-17(2,3)18-15-10-9-13(11-14(15)16(20)21)24(22,23)19-12-7-5-4-6-8-12/h9-12,18-19H,4-8H2,1-3H3,(H,20,21). The Kier molecular flexibility index (Phi) is 5.55. The van der Waals surface area contributed by atoms with E-state index in [-0.39, 0.29) is 22.0 Å². The summed E-state index contributed by atoms with van der Waals surface area (Å²) < 4.78 is 27.8. The predicted molar refractivity (Wildman–Crippen MR) is 94.0 cm³/mol. The molecule has 7 heteroatoms. The normalized spacial score (nSPS) is 16.8. The molecule has 1 saturated carbocycles. The summed E-state index contributed by atoms with van der Waals surface area (Å²) in [5, 5.41) is 12.5. The lowest BCUT2D eigenvalue weighted by Crippen LogP contribution is -2.36. The smallest absolute Gasteiger partial charge is 0.337 e. The average Bonchev–Trinajstić information content (AvgIpc) is 2.46. The molecule has 3 N–H and O–H groups in total. The van der Waals surface area contributed by atoms with Gasteiger partial charge in [-0.3, -0.25) is 0 Å². The SMILES string of the molecule is CC(C)(C)Nc1ccc(S(=O)(=O)NC2CCCCC2)cc1C(=O)O. The van der Waals surface area contributed by atoms with Gasteiger partial charge >= 0.3 is 5.97 Å². The second-order valence-corrected chi connectivity index (χ2v) is 9.06. The zero-order chi connectivity index (χ0) is 18.0. The first kappa shape index (κ1) is 18.7. The summed E-state index contributed by atoms with van der Waals surface area (Å²) in [6.07, 6.45) is 4.82. The Bertz CT molecular complexity index is 702. The van der Waals surface area contributed by atoms with Crippen LogP contribution in [0, 0.1) is 0 Å². The van der Waals surface area contributed by atoms with Gasteiger partial charge in [-0.2, -0.15) is 0 Å². The minimum atomic E-state index is -3.72. The van der Waals surface area contributed by atoms with E-state index >= 15 is 0 Å². The molecule has 0 bridgehead atoms. The zero-order valence-corrected chi connectivity index (χ0v) is 15.2. The molecule has 0 heterocycles. The molecule has 0 saturated heterocycles. The third-order valence-corrected chi connectivity index (χ3v) is 5.49. The van der Waals surface area contributed by atoms with Gasteiger partial charge in [0, 0.05) is 17.3 Å². The second-order valence-electron chi connectivity index (χ2n) is 7.34. The van der Waals surface area contributed by atoms with Crippen molar-refractivity contribution in [3.8, 4) is 0 Å². The van der Waals surface area contributed by atoms with Gasteiger partial charge in [0.25, 0.3) is 0 Å². The Morgan fingerprint density at radius 2 is 1.79 bits per heavy atom. The molecule has 1 aromatic rings. The van der Waals surface area contributed by atoms with Gasteiger partial charge in [0.15, 0.2) is 0 Å². The lowest BCUT2D eigenvalue weighted by molar-refractivity contribution is 0.0697. The van der Waals surface area contributed by atoms with Crippen molar-refractivity contribution in [1.29, 1.82) is 0 Å². The molecule has 0 atom stereocenters. The molecule has 1 aliphatic carbocycles. The molecule has 24 heavy (non-hydrogen) atoms. The van der Waals surface area contributed by atoms with Crippen LogP contribution in [0.1, 0.15) is 63.2 Å². The van der Waals surface area contributed by atoms with Crippen molar-refractivity contribution in [1.82, 2.24) is 4.72 Å². The van der Waals surface area contributed by atoms with Crippen LogP contribution in [0.25, 0.3) is 0 Å². The number of carboxylic acids is 1. The van der Waals surface area contributed by atoms with Crippen LogP contribution >= 0.6 is 0 Å². The molecule has 6 nitrogen and oxygen atoms in total. The first-order chi connectivity index (χ1) is 11.1. The van der Waals surface area contributed by atoms with Crippen molar-refractivity contribution >= 4 is 21.7 Å². The highest BCUT2D eigenvalue weighted by atomic mass is 32.2. The maximum Gasteiger partial charge on any atom is 0.337 e. The fourth-order valence-electron chi connectivity index (χ4n) is 2.89. The van der Waals surface area contributed by atoms with Crippen LogP contribution in [0.4, 0.5) is 5.69 Å². The molecule has 0 unspecified atom stereocenters. The molecular weight excluding hydrogens is 328 g/mol. The molecule has 0 radical (unpaired) electrons. The van der Waals surface area contributed by atoms with E-state index in [0.29, 0.717) is 5.69 Å². The minimum absolute atomic E-state index is 0.00932. The summed E-state index contributed by atoms with van der Waals surface area (Å²) in [6.45, 7) is 5.73. The van der Waals surface area contributed by atoms with Crippen molar-refractivity contribution in [2.45, 2.75) is 69.4 Å². The minimum Gasteiger partial charge on any atom is -0.478 e. The quantitative estimate of drug-likeness (QED) is 0.755. The zero-order valence-electron chi connectivity index (χ0n) is 14.4. The van der Waals surface area contributed by atoms with Gasteiger partial charge < -0.3 is 10.4 Å². The molecule has 2 rings (SSSR count).